The molecule has 68 valence electrons. The van der Waals surface area contributed by atoms with Crippen LogP contribution in [0.15, 0.2) is 30.3 Å². The predicted molar refractivity (Wildman–Crippen MR) is 58.0 cm³/mol. The minimum absolute atomic E-state index is 0. The zero-order valence-electron chi connectivity index (χ0n) is 7.36. The Kier molecular flexibility index (Phi) is 6.14. The molecule has 0 aliphatic heterocycles. The summed E-state index contributed by atoms with van der Waals surface area (Å²) in [6.07, 6.45) is 0.860. The molecule has 0 atom stereocenters. The molecule has 1 aromatic carbocycles. The van der Waals surface area contributed by atoms with Gasteiger partial charge in [0, 0.05) is 0 Å². The maximum absolute atomic E-state index is 5.50. The fourth-order valence-corrected chi connectivity index (χ4v) is 1.13. The molecule has 0 aliphatic rings. The van der Waals surface area contributed by atoms with Gasteiger partial charge in [0.1, 0.15) is 12.1 Å². The average molecular weight is 205 g/mol. The van der Waals surface area contributed by atoms with Crippen LogP contribution in [-0.4, -0.2) is 19.7 Å². The molecule has 0 amide bonds. The Hall–Kier alpha value is -0.260. The molecule has 0 bridgehead atoms. The largest absolute Gasteiger partial charge is 0.489 e. The lowest BCUT2D eigenvalue weighted by Gasteiger charge is -2.07. The molecular formula is C9H14ClOP. The van der Waals surface area contributed by atoms with Crippen LogP contribution >= 0.6 is 20.3 Å². The molecule has 0 fully saturated rings. The molecule has 0 saturated carbocycles. The van der Waals surface area contributed by atoms with Crippen LogP contribution in [0.3, 0.4) is 0 Å². The maximum atomic E-state index is 5.50. The van der Waals surface area contributed by atoms with Crippen molar-refractivity contribution >= 4 is 20.3 Å². The van der Waals surface area contributed by atoms with Gasteiger partial charge >= 0.3 is 0 Å². The van der Waals surface area contributed by atoms with E-state index in [0.717, 1.165) is 12.1 Å². The Bertz CT molecular complexity index is 201. The minimum atomic E-state index is 0. The topological polar surface area (TPSA) is 9.23 Å². The summed E-state index contributed by atoms with van der Waals surface area (Å²) in [6, 6.07) is 9.94. The molecule has 0 aromatic heterocycles. The molecule has 0 spiro atoms. The fourth-order valence-electron chi connectivity index (χ4n) is 0.720. The molecular weight excluding hydrogens is 191 g/mol. The lowest BCUT2D eigenvalue weighted by molar-refractivity contribution is 0.389. The summed E-state index contributed by atoms with van der Waals surface area (Å²) in [7, 11) is 0.0536. The summed E-state index contributed by atoms with van der Waals surface area (Å²) in [4.78, 5) is 0. The third kappa shape index (κ3) is 4.58. The lowest BCUT2D eigenvalue weighted by Crippen LogP contribution is -1.93. The highest BCUT2D eigenvalue weighted by Crippen LogP contribution is 2.24. The van der Waals surface area contributed by atoms with Crippen molar-refractivity contribution in [2.24, 2.45) is 0 Å². The Labute approximate surface area is 81.3 Å². The van der Waals surface area contributed by atoms with Crippen molar-refractivity contribution in [2.75, 3.05) is 19.7 Å². The molecule has 12 heavy (non-hydrogen) atoms. The quantitative estimate of drug-likeness (QED) is 0.688. The van der Waals surface area contributed by atoms with Crippen LogP contribution < -0.4 is 4.74 Å². The summed E-state index contributed by atoms with van der Waals surface area (Å²) in [5, 5.41) is 0. The third-order valence-electron chi connectivity index (χ3n) is 1.23. The SMILES string of the molecule is CP(C)COc1ccccc1.Cl. The van der Waals surface area contributed by atoms with Gasteiger partial charge in [0.05, 0.1) is 0 Å². The second-order valence-electron chi connectivity index (χ2n) is 2.67. The molecule has 0 unspecified atom stereocenters. The minimum Gasteiger partial charge on any atom is -0.489 e. The van der Waals surface area contributed by atoms with Crippen molar-refractivity contribution in [3.63, 3.8) is 0 Å². The van der Waals surface area contributed by atoms with Gasteiger partial charge in [-0.05, 0) is 25.5 Å². The van der Waals surface area contributed by atoms with Gasteiger partial charge in [0.2, 0.25) is 0 Å². The molecule has 0 heterocycles. The highest BCUT2D eigenvalue weighted by molar-refractivity contribution is 7.55. The van der Waals surface area contributed by atoms with E-state index >= 15 is 0 Å². The van der Waals surface area contributed by atoms with Crippen molar-refractivity contribution in [1.82, 2.24) is 0 Å². The summed E-state index contributed by atoms with van der Waals surface area (Å²) in [6.45, 7) is 4.41. The van der Waals surface area contributed by atoms with Crippen molar-refractivity contribution in [3.05, 3.63) is 30.3 Å². The number of para-hydroxylation sites is 1. The fraction of sp³-hybridized carbons (Fsp3) is 0.333. The van der Waals surface area contributed by atoms with Crippen molar-refractivity contribution in [1.29, 1.82) is 0 Å². The summed E-state index contributed by atoms with van der Waals surface area (Å²) < 4.78 is 5.50. The van der Waals surface area contributed by atoms with E-state index in [1.165, 1.54) is 0 Å². The first kappa shape index (κ1) is 11.7. The Morgan fingerprint density at radius 1 is 1.17 bits per heavy atom. The Morgan fingerprint density at radius 2 is 1.75 bits per heavy atom. The number of halogens is 1. The van der Waals surface area contributed by atoms with Crippen LogP contribution in [-0.2, 0) is 0 Å². The smallest absolute Gasteiger partial charge is 0.119 e. The molecule has 0 saturated heterocycles. The molecule has 1 nitrogen and oxygen atoms in total. The Balaban J connectivity index is 0.00000121. The molecule has 0 radical (unpaired) electrons. The molecule has 3 heteroatoms. The van der Waals surface area contributed by atoms with E-state index in [4.69, 9.17) is 4.74 Å². The summed E-state index contributed by atoms with van der Waals surface area (Å²) >= 11 is 0. The van der Waals surface area contributed by atoms with E-state index in [1.54, 1.807) is 0 Å². The van der Waals surface area contributed by atoms with E-state index in [2.05, 4.69) is 13.3 Å². The van der Waals surface area contributed by atoms with E-state index in [0.29, 0.717) is 0 Å². The van der Waals surface area contributed by atoms with Gasteiger partial charge < -0.3 is 4.74 Å². The number of rotatable bonds is 3. The van der Waals surface area contributed by atoms with Crippen molar-refractivity contribution in [2.45, 2.75) is 0 Å². The number of ether oxygens (including phenoxy) is 1. The van der Waals surface area contributed by atoms with Gasteiger partial charge in [0.25, 0.3) is 0 Å². The molecule has 0 N–H and O–H groups in total. The van der Waals surface area contributed by atoms with Gasteiger partial charge in [-0.3, -0.25) is 0 Å². The van der Waals surface area contributed by atoms with Crippen molar-refractivity contribution in [3.8, 4) is 5.75 Å². The van der Waals surface area contributed by atoms with Crippen LogP contribution in [0.2, 0.25) is 0 Å². The predicted octanol–water partition coefficient (Wildman–Crippen LogP) is 3.19. The standard InChI is InChI=1S/C9H13OP.ClH/c1-11(2)8-10-9-6-4-3-5-7-9;/h3-7H,8H2,1-2H3;1H. The van der Waals surface area contributed by atoms with E-state index in [9.17, 15) is 0 Å². The Morgan fingerprint density at radius 3 is 2.25 bits per heavy atom. The molecule has 1 rings (SSSR count). The third-order valence-corrected chi connectivity index (χ3v) is 1.88. The number of benzene rings is 1. The van der Waals surface area contributed by atoms with Crippen LogP contribution in [0.25, 0.3) is 0 Å². The number of hydrogen-bond donors (Lipinski definition) is 0. The summed E-state index contributed by atoms with van der Waals surface area (Å²) in [5.41, 5.74) is 0. The average Bonchev–Trinajstić information content (AvgIpc) is 2.03. The van der Waals surface area contributed by atoms with Gasteiger partial charge in [-0.2, -0.15) is 0 Å². The van der Waals surface area contributed by atoms with Gasteiger partial charge in [-0.25, -0.2) is 0 Å². The van der Waals surface area contributed by atoms with E-state index < -0.39 is 0 Å². The number of hydrogen-bond acceptors (Lipinski definition) is 1. The van der Waals surface area contributed by atoms with E-state index in [1.807, 2.05) is 30.3 Å². The van der Waals surface area contributed by atoms with Crippen LogP contribution in [0.1, 0.15) is 0 Å². The first-order chi connectivity index (χ1) is 5.29. The lowest BCUT2D eigenvalue weighted by atomic mass is 10.3. The van der Waals surface area contributed by atoms with Crippen molar-refractivity contribution < 1.29 is 4.74 Å². The summed E-state index contributed by atoms with van der Waals surface area (Å²) in [5.74, 6) is 0.976. The highest BCUT2D eigenvalue weighted by atomic mass is 35.5. The van der Waals surface area contributed by atoms with Crippen LogP contribution in [0.5, 0.6) is 5.75 Å². The second kappa shape index (κ2) is 6.28. The zero-order valence-corrected chi connectivity index (χ0v) is 9.07. The second-order valence-corrected chi connectivity index (χ2v) is 5.08. The molecule has 0 aliphatic carbocycles. The first-order valence-corrected chi connectivity index (χ1v) is 6.04. The zero-order chi connectivity index (χ0) is 8.10. The van der Waals surface area contributed by atoms with E-state index in [-0.39, 0.29) is 20.3 Å². The van der Waals surface area contributed by atoms with Gasteiger partial charge in [-0.1, -0.05) is 26.1 Å². The highest BCUT2D eigenvalue weighted by Gasteiger charge is 1.93. The first-order valence-electron chi connectivity index (χ1n) is 3.61. The van der Waals surface area contributed by atoms with Gasteiger partial charge in [-0.15, -0.1) is 12.4 Å². The maximum Gasteiger partial charge on any atom is 0.119 e. The monoisotopic (exact) mass is 204 g/mol. The van der Waals surface area contributed by atoms with Crippen LogP contribution in [0.4, 0.5) is 0 Å². The normalized spacial score (nSPS) is 9.25. The molecule has 1 aromatic rings. The van der Waals surface area contributed by atoms with Crippen LogP contribution in [0, 0.1) is 0 Å². The van der Waals surface area contributed by atoms with Gasteiger partial charge in [0.15, 0.2) is 0 Å².